The molecule has 4 rings (SSSR count). The molecule has 1 unspecified atom stereocenters. The molecule has 6 heteroatoms. The van der Waals surface area contributed by atoms with Crippen molar-refractivity contribution in [2.24, 2.45) is 10.9 Å². The van der Waals surface area contributed by atoms with Gasteiger partial charge in [-0.3, -0.25) is 14.6 Å². The van der Waals surface area contributed by atoms with Crippen LogP contribution in [0.2, 0.25) is 5.02 Å². The third kappa shape index (κ3) is 4.54. The van der Waals surface area contributed by atoms with Crippen molar-refractivity contribution < 1.29 is 19.1 Å². The van der Waals surface area contributed by atoms with E-state index in [1.165, 1.54) is 0 Å². The lowest BCUT2D eigenvalue weighted by Gasteiger charge is -2.36. The standard InChI is InChI=1S/C26H26ClNO4/c1-16-23(26(30)32-13-12-31-2)24(18-8-10-20(27)11-9-18)25-21(28-16)14-19(15-22(25)29)17-6-4-3-5-7-17/h3-11,19,23-24H,12-15H2,1-2H3/t19-,23?,24+/m0/s1. The second-order valence-corrected chi connectivity index (χ2v) is 8.66. The average Bonchev–Trinajstić information content (AvgIpc) is 2.79. The van der Waals surface area contributed by atoms with Gasteiger partial charge in [-0.05, 0) is 42.5 Å². The maximum atomic E-state index is 13.5. The topological polar surface area (TPSA) is 65.0 Å². The Morgan fingerprint density at radius 3 is 2.44 bits per heavy atom. The zero-order valence-electron chi connectivity index (χ0n) is 18.2. The Morgan fingerprint density at radius 2 is 1.75 bits per heavy atom. The number of rotatable bonds is 6. The van der Waals surface area contributed by atoms with E-state index in [1.807, 2.05) is 37.3 Å². The average molecular weight is 452 g/mol. The SMILES string of the molecule is COCCOC(=O)C1C(C)=NC2=C(C(=O)C[C@@H](c3ccccc3)C2)[C@@H]1c1ccc(Cl)cc1. The van der Waals surface area contributed by atoms with Crippen molar-refractivity contribution in [3.8, 4) is 0 Å². The van der Waals surface area contributed by atoms with E-state index < -0.39 is 17.8 Å². The summed E-state index contributed by atoms with van der Waals surface area (Å²) in [6.07, 6.45) is 1.06. The molecule has 0 fully saturated rings. The first-order valence-electron chi connectivity index (χ1n) is 10.8. The van der Waals surface area contributed by atoms with E-state index in [4.69, 9.17) is 26.1 Å². The van der Waals surface area contributed by atoms with Crippen LogP contribution in [0, 0.1) is 5.92 Å². The zero-order chi connectivity index (χ0) is 22.7. The summed E-state index contributed by atoms with van der Waals surface area (Å²) >= 11 is 6.11. The van der Waals surface area contributed by atoms with Crippen molar-refractivity contribution in [2.45, 2.75) is 31.6 Å². The van der Waals surface area contributed by atoms with Gasteiger partial charge in [0, 0.05) is 41.5 Å². The van der Waals surface area contributed by atoms with E-state index >= 15 is 0 Å². The summed E-state index contributed by atoms with van der Waals surface area (Å²) in [5.41, 5.74) is 4.04. The Hall–Kier alpha value is -2.76. The molecule has 1 heterocycles. The van der Waals surface area contributed by atoms with Crippen molar-refractivity contribution in [3.63, 3.8) is 0 Å². The molecule has 0 spiro atoms. The number of allylic oxidation sites excluding steroid dienone is 2. The van der Waals surface area contributed by atoms with E-state index in [0.29, 0.717) is 35.8 Å². The summed E-state index contributed by atoms with van der Waals surface area (Å²) < 4.78 is 10.5. The molecular weight excluding hydrogens is 426 g/mol. The summed E-state index contributed by atoms with van der Waals surface area (Å²) in [5, 5.41) is 0.600. The smallest absolute Gasteiger partial charge is 0.315 e. The van der Waals surface area contributed by atoms with Gasteiger partial charge in [-0.2, -0.15) is 0 Å². The van der Waals surface area contributed by atoms with E-state index in [0.717, 1.165) is 16.8 Å². The molecule has 0 N–H and O–H groups in total. The lowest BCUT2D eigenvalue weighted by Crippen LogP contribution is -2.38. The van der Waals surface area contributed by atoms with Crippen molar-refractivity contribution in [1.29, 1.82) is 0 Å². The fraction of sp³-hybridized carbons (Fsp3) is 0.346. The number of carbonyl (C=O) groups is 2. The van der Waals surface area contributed by atoms with Crippen LogP contribution >= 0.6 is 11.6 Å². The van der Waals surface area contributed by atoms with Crippen LogP contribution in [0.5, 0.6) is 0 Å². The van der Waals surface area contributed by atoms with Crippen LogP contribution < -0.4 is 0 Å². The van der Waals surface area contributed by atoms with Crippen LogP contribution in [0.4, 0.5) is 0 Å². The Bertz CT molecular complexity index is 1060. The molecule has 0 aromatic heterocycles. The highest BCUT2D eigenvalue weighted by Crippen LogP contribution is 2.46. The molecular formula is C26H26ClNO4. The number of ketones is 1. The molecule has 0 bridgehead atoms. The number of esters is 1. The van der Waals surface area contributed by atoms with E-state index in [9.17, 15) is 9.59 Å². The van der Waals surface area contributed by atoms with Gasteiger partial charge in [0.15, 0.2) is 5.78 Å². The van der Waals surface area contributed by atoms with Gasteiger partial charge < -0.3 is 9.47 Å². The number of nitrogens with zero attached hydrogens (tertiary/aromatic N) is 1. The molecule has 3 atom stereocenters. The van der Waals surface area contributed by atoms with Crippen molar-refractivity contribution in [1.82, 2.24) is 0 Å². The number of Topliss-reactive ketones (excluding diaryl/α,β-unsaturated/α-hetero) is 1. The monoisotopic (exact) mass is 451 g/mol. The second-order valence-electron chi connectivity index (χ2n) is 8.22. The predicted molar refractivity (Wildman–Crippen MR) is 124 cm³/mol. The van der Waals surface area contributed by atoms with Crippen LogP contribution in [0.25, 0.3) is 0 Å². The van der Waals surface area contributed by atoms with Gasteiger partial charge in [-0.15, -0.1) is 0 Å². The normalized spacial score (nSPS) is 22.9. The fourth-order valence-electron chi connectivity index (χ4n) is 4.67. The molecule has 32 heavy (non-hydrogen) atoms. The molecule has 0 amide bonds. The number of benzene rings is 2. The molecule has 166 valence electrons. The molecule has 1 aliphatic carbocycles. The first-order valence-corrected chi connectivity index (χ1v) is 11.1. The van der Waals surface area contributed by atoms with Gasteiger partial charge >= 0.3 is 5.97 Å². The first-order chi connectivity index (χ1) is 15.5. The summed E-state index contributed by atoms with van der Waals surface area (Å²) in [6, 6.07) is 17.4. The Labute approximate surface area is 193 Å². The van der Waals surface area contributed by atoms with Crippen LogP contribution in [-0.4, -0.2) is 37.8 Å². The van der Waals surface area contributed by atoms with Gasteiger partial charge in [0.2, 0.25) is 0 Å². The van der Waals surface area contributed by atoms with Gasteiger partial charge in [-0.1, -0.05) is 54.1 Å². The summed E-state index contributed by atoms with van der Waals surface area (Å²) in [7, 11) is 1.55. The lowest BCUT2D eigenvalue weighted by atomic mass is 9.69. The lowest BCUT2D eigenvalue weighted by molar-refractivity contribution is -0.147. The molecule has 2 aromatic rings. The second kappa shape index (κ2) is 9.80. The van der Waals surface area contributed by atoms with Crippen LogP contribution in [0.1, 0.15) is 42.7 Å². The fourth-order valence-corrected chi connectivity index (χ4v) is 4.80. The van der Waals surface area contributed by atoms with E-state index in [2.05, 4.69) is 12.1 Å². The maximum absolute atomic E-state index is 13.5. The highest BCUT2D eigenvalue weighted by molar-refractivity contribution is 6.30. The molecule has 0 saturated carbocycles. The maximum Gasteiger partial charge on any atom is 0.315 e. The molecule has 1 aliphatic heterocycles. The molecule has 5 nitrogen and oxygen atoms in total. The number of hydrogen-bond donors (Lipinski definition) is 0. The van der Waals surface area contributed by atoms with Crippen molar-refractivity contribution >= 4 is 29.1 Å². The number of halogens is 1. The van der Waals surface area contributed by atoms with Gasteiger partial charge in [0.1, 0.15) is 12.5 Å². The summed E-state index contributed by atoms with van der Waals surface area (Å²) in [6.45, 7) is 2.31. The van der Waals surface area contributed by atoms with Gasteiger partial charge in [-0.25, -0.2) is 0 Å². The summed E-state index contributed by atoms with van der Waals surface area (Å²) in [5.74, 6) is -1.39. The highest BCUT2D eigenvalue weighted by atomic mass is 35.5. The Kier molecular flexibility index (Phi) is 6.87. The molecule has 0 saturated heterocycles. The highest BCUT2D eigenvalue weighted by Gasteiger charge is 2.44. The van der Waals surface area contributed by atoms with Crippen molar-refractivity contribution in [2.75, 3.05) is 20.3 Å². The minimum atomic E-state index is -0.663. The number of carbonyl (C=O) groups excluding carboxylic acids is 2. The van der Waals surface area contributed by atoms with E-state index in [-0.39, 0.29) is 18.3 Å². The van der Waals surface area contributed by atoms with Crippen LogP contribution in [0.15, 0.2) is 70.9 Å². The Morgan fingerprint density at radius 1 is 1.03 bits per heavy atom. The minimum Gasteiger partial charge on any atom is -0.463 e. The number of hydrogen-bond acceptors (Lipinski definition) is 5. The third-order valence-electron chi connectivity index (χ3n) is 6.17. The summed E-state index contributed by atoms with van der Waals surface area (Å²) in [4.78, 5) is 31.3. The first kappa shape index (κ1) is 22.4. The predicted octanol–water partition coefficient (Wildman–Crippen LogP) is 5.10. The molecule has 2 aliphatic rings. The van der Waals surface area contributed by atoms with Crippen molar-refractivity contribution in [3.05, 3.63) is 82.0 Å². The molecule has 0 radical (unpaired) electrons. The largest absolute Gasteiger partial charge is 0.463 e. The number of aliphatic imine (C=N–C) groups is 1. The van der Waals surface area contributed by atoms with E-state index in [1.54, 1.807) is 19.2 Å². The van der Waals surface area contributed by atoms with Crippen LogP contribution in [0.3, 0.4) is 0 Å². The molecule has 2 aromatic carbocycles. The van der Waals surface area contributed by atoms with Crippen LogP contribution in [-0.2, 0) is 19.1 Å². The van der Waals surface area contributed by atoms with Gasteiger partial charge in [0.25, 0.3) is 0 Å². The number of methoxy groups -OCH3 is 1. The quantitative estimate of drug-likeness (QED) is 0.452. The number of ether oxygens (including phenoxy) is 2. The third-order valence-corrected chi connectivity index (χ3v) is 6.43. The van der Waals surface area contributed by atoms with Gasteiger partial charge in [0.05, 0.1) is 6.61 Å². The minimum absolute atomic E-state index is 0.0333. The Balaban J connectivity index is 1.74. The zero-order valence-corrected chi connectivity index (χ0v) is 19.0.